The van der Waals surface area contributed by atoms with Crippen molar-refractivity contribution in [3.05, 3.63) is 47.8 Å². The number of carbonyl (C=O) groups excluding carboxylic acids is 1. The van der Waals surface area contributed by atoms with Crippen molar-refractivity contribution in [1.29, 1.82) is 0 Å². The number of amides is 1. The molecule has 0 bridgehead atoms. The van der Waals surface area contributed by atoms with Gasteiger partial charge in [-0.3, -0.25) is 4.79 Å². The predicted octanol–water partition coefficient (Wildman–Crippen LogP) is 4.20. The first-order valence-corrected chi connectivity index (χ1v) is 9.22. The highest BCUT2D eigenvalue weighted by Gasteiger charge is 2.21. The molecule has 3 aromatic rings. The number of aromatic nitrogens is 2. The number of ether oxygens (including phenoxy) is 2. The molecule has 0 aliphatic heterocycles. The summed E-state index contributed by atoms with van der Waals surface area (Å²) >= 11 is 0. The lowest BCUT2D eigenvalue weighted by molar-refractivity contribution is 0.0940. The van der Waals surface area contributed by atoms with Crippen LogP contribution < -0.4 is 14.8 Å². The van der Waals surface area contributed by atoms with Crippen molar-refractivity contribution in [3.63, 3.8) is 0 Å². The van der Waals surface area contributed by atoms with Gasteiger partial charge in [-0.15, -0.1) is 0 Å². The van der Waals surface area contributed by atoms with E-state index >= 15 is 0 Å². The summed E-state index contributed by atoms with van der Waals surface area (Å²) in [4.78, 5) is 20.3. The standard InChI is InChI=1S/C21H23N3O3/c1-13-10-22-19-18(13)17(20(25)23-11-14-5-3-6-14)12-24-21(19)27-16-8-4-7-15(9-16)26-2/h4,7-10,12,14,22H,3,5-6,11H2,1-2H3,(H,23,25). The number of nitrogens with one attached hydrogen (secondary N) is 2. The van der Waals surface area contributed by atoms with Crippen molar-refractivity contribution in [3.8, 4) is 17.4 Å². The summed E-state index contributed by atoms with van der Waals surface area (Å²) in [6.07, 6.45) is 7.12. The normalized spacial score (nSPS) is 14.0. The van der Waals surface area contributed by atoms with Crippen LogP contribution in [-0.2, 0) is 0 Å². The number of pyridine rings is 1. The third kappa shape index (κ3) is 3.47. The molecule has 0 spiro atoms. The lowest BCUT2D eigenvalue weighted by Gasteiger charge is -2.25. The smallest absolute Gasteiger partial charge is 0.253 e. The molecule has 1 aliphatic carbocycles. The Labute approximate surface area is 157 Å². The SMILES string of the molecule is COc1cccc(Oc2ncc(C(=O)NCC3CCC3)c3c(C)c[nH]c23)c1. The monoisotopic (exact) mass is 365 g/mol. The van der Waals surface area contributed by atoms with Gasteiger partial charge >= 0.3 is 0 Å². The Morgan fingerprint density at radius 3 is 2.89 bits per heavy atom. The average Bonchev–Trinajstić information content (AvgIpc) is 3.03. The van der Waals surface area contributed by atoms with E-state index in [1.54, 1.807) is 19.4 Å². The Hall–Kier alpha value is -3.02. The van der Waals surface area contributed by atoms with Crippen LogP contribution in [0, 0.1) is 12.8 Å². The van der Waals surface area contributed by atoms with E-state index in [9.17, 15) is 4.79 Å². The molecule has 0 unspecified atom stereocenters. The number of nitrogens with zero attached hydrogens (tertiary/aromatic N) is 1. The largest absolute Gasteiger partial charge is 0.497 e. The first kappa shape index (κ1) is 17.4. The lowest BCUT2D eigenvalue weighted by Crippen LogP contribution is -2.32. The number of hydrogen-bond donors (Lipinski definition) is 2. The first-order valence-electron chi connectivity index (χ1n) is 9.22. The van der Waals surface area contributed by atoms with Crippen LogP contribution in [0.4, 0.5) is 0 Å². The van der Waals surface area contributed by atoms with E-state index in [4.69, 9.17) is 9.47 Å². The van der Waals surface area contributed by atoms with Crippen molar-refractivity contribution in [2.45, 2.75) is 26.2 Å². The molecule has 1 aromatic carbocycles. The zero-order valence-electron chi connectivity index (χ0n) is 15.5. The van der Waals surface area contributed by atoms with Crippen molar-refractivity contribution < 1.29 is 14.3 Å². The summed E-state index contributed by atoms with van der Waals surface area (Å²) in [7, 11) is 1.61. The van der Waals surface area contributed by atoms with Gasteiger partial charge in [0.25, 0.3) is 5.91 Å². The van der Waals surface area contributed by atoms with Gasteiger partial charge in [-0.2, -0.15) is 0 Å². The van der Waals surface area contributed by atoms with E-state index in [0.29, 0.717) is 34.4 Å². The molecule has 6 heteroatoms. The quantitative estimate of drug-likeness (QED) is 0.686. The molecule has 2 N–H and O–H groups in total. The Balaban J connectivity index is 1.62. The van der Waals surface area contributed by atoms with E-state index in [2.05, 4.69) is 15.3 Å². The molecular weight excluding hydrogens is 342 g/mol. The summed E-state index contributed by atoms with van der Waals surface area (Å²) < 4.78 is 11.2. The van der Waals surface area contributed by atoms with Crippen molar-refractivity contribution in [1.82, 2.24) is 15.3 Å². The molecule has 6 nitrogen and oxygen atoms in total. The van der Waals surface area contributed by atoms with Gasteiger partial charge < -0.3 is 19.8 Å². The van der Waals surface area contributed by atoms with Crippen molar-refractivity contribution in [2.24, 2.45) is 5.92 Å². The fourth-order valence-corrected chi connectivity index (χ4v) is 3.34. The zero-order valence-corrected chi connectivity index (χ0v) is 15.5. The van der Waals surface area contributed by atoms with Crippen LogP contribution in [0.2, 0.25) is 0 Å². The minimum atomic E-state index is -0.0879. The molecule has 0 saturated heterocycles. The maximum absolute atomic E-state index is 12.7. The Kier molecular flexibility index (Phi) is 4.71. The van der Waals surface area contributed by atoms with E-state index < -0.39 is 0 Å². The molecule has 2 heterocycles. The molecule has 0 radical (unpaired) electrons. The second-order valence-electron chi connectivity index (χ2n) is 6.99. The number of methoxy groups -OCH3 is 1. The minimum Gasteiger partial charge on any atom is -0.497 e. The van der Waals surface area contributed by atoms with Crippen LogP contribution >= 0.6 is 0 Å². The molecule has 1 fully saturated rings. The summed E-state index contributed by atoms with van der Waals surface area (Å²) in [6, 6.07) is 7.34. The van der Waals surface area contributed by atoms with E-state index in [-0.39, 0.29) is 5.91 Å². The lowest BCUT2D eigenvalue weighted by atomic mass is 9.85. The van der Waals surface area contributed by atoms with Gasteiger partial charge in [0.05, 0.1) is 12.7 Å². The number of rotatable bonds is 6. The van der Waals surface area contributed by atoms with Crippen LogP contribution in [0.15, 0.2) is 36.7 Å². The topological polar surface area (TPSA) is 76.2 Å². The van der Waals surface area contributed by atoms with E-state index in [0.717, 1.165) is 17.5 Å². The fourth-order valence-electron chi connectivity index (χ4n) is 3.34. The van der Waals surface area contributed by atoms with Crippen LogP contribution in [0.3, 0.4) is 0 Å². The van der Waals surface area contributed by atoms with Crippen LogP contribution in [0.1, 0.15) is 35.2 Å². The molecule has 4 rings (SSSR count). The third-order valence-electron chi connectivity index (χ3n) is 5.15. The van der Waals surface area contributed by atoms with Crippen molar-refractivity contribution >= 4 is 16.8 Å². The molecule has 27 heavy (non-hydrogen) atoms. The Morgan fingerprint density at radius 2 is 2.15 bits per heavy atom. The van der Waals surface area contributed by atoms with Gasteiger partial charge in [-0.25, -0.2) is 4.98 Å². The summed E-state index contributed by atoms with van der Waals surface area (Å²) in [5, 5.41) is 3.89. The van der Waals surface area contributed by atoms with Gasteiger partial charge in [0.1, 0.15) is 17.0 Å². The van der Waals surface area contributed by atoms with E-state index in [1.807, 2.05) is 31.3 Å². The van der Waals surface area contributed by atoms with Crippen LogP contribution in [-0.4, -0.2) is 29.5 Å². The maximum Gasteiger partial charge on any atom is 0.253 e. The van der Waals surface area contributed by atoms with Gasteiger partial charge in [0.15, 0.2) is 0 Å². The second-order valence-corrected chi connectivity index (χ2v) is 6.99. The predicted molar refractivity (Wildman–Crippen MR) is 104 cm³/mol. The molecule has 140 valence electrons. The number of benzene rings is 1. The highest BCUT2D eigenvalue weighted by atomic mass is 16.5. The highest BCUT2D eigenvalue weighted by molar-refractivity contribution is 6.08. The molecule has 2 aromatic heterocycles. The maximum atomic E-state index is 12.7. The highest BCUT2D eigenvalue weighted by Crippen LogP contribution is 2.32. The zero-order chi connectivity index (χ0) is 18.8. The van der Waals surface area contributed by atoms with Crippen LogP contribution in [0.25, 0.3) is 10.9 Å². The Bertz CT molecular complexity index is 976. The minimum absolute atomic E-state index is 0.0879. The summed E-state index contributed by atoms with van der Waals surface area (Å²) in [6.45, 7) is 2.70. The molecule has 1 amide bonds. The number of hydrogen-bond acceptors (Lipinski definition) is 4. The summed E-state index contributed by atoms with van der Waals surface area (Å²) in [5.74, 6) is 2.29. The fraction of sp³-hybridized carbons (Fsp3) is 0.333. The third-order valence-corrected chi connectivity index (χ3v) is 5.15. The second kappa shape index (κ2) is 7.31. The van der Waals surface area contributed by atoms with Crippen molar-refractivity contribution in [2.75, 3.05) is 13.7 Å². The molecule has 1 aliphatic rings. The van der Waals surface area contributed by atoms with Gasteiger partial charge in [-0.1, -0.05) is 12.5 Å². The number of H-pyrrole nitrogens is 1. The molecule has 0 atom stereocenters. The number of carbonyl (C=O) groups is 1. The van der Waals surface area contributed by atoms with Gasteiger partial charge in [-0.05, 0) is 43.4 Å². The van der Waals surface area contributed by atoms with Crippen LogP contribution in [0.5, 0.6) is 17.4 Å². The first-order chi connectivity index (χ1) is 13.2. The van der Waals surface area contributed by atoms with Gasteiger partial charge in [0, 0.05) is 30.4 Å². The number of fused-ring (bicyclic) bond motifs is 1. The number of aryl methyl sites for hydroxylation is 1. The van der Waals surface area contributed by atoms with Gasteiger partial charge in [0.2, 0.25) is 5.88 Å². The summed E-state index contributed by atoms with van der Waals surface area (Å²) in [5.41, 5.74) is 2.27. The molecule has 1 saturated carbocycles. The average molecular weight is 365 g/mol. The number of aromatic amines is 1. The Morgan fingerprint density at radius 1 is 1.33 bits per heavy atom. The molecular formula is C21H23N3O3. The van der Waals surface area contributed by atoms with E-state index in [1.165, 1.54) is 19.3 Å².